The molecule has 0 saturated heterocycles. The highest BCUT2D eigenvalue weighted by Crippen LogP contribution is 2.30. The van der Waals surface area contributed by atoms with E-state index in [9.17, 15) is 9.18 Å². The van der Waals surface area contributed by atoms with Crippen LogP contribution >= 0.6 is 0 Å². The summed E-state index contributed by atoms with van der Waals surface area (Å²) in [5.74, 6) is -0.645. The Labute approximate surface area is 108 Å². The van der Waals surface area contributed by atoms with Gasteiger partial charge in [0, 0.05) is 11.3 Å². The molecule has 5 heteroatoms. The lowest BCUT2D eigenvalue weighted by molar-refractivity contribution is -0.162. The molecule has 0 N–H and O–H groups in total. The molecule has 0 spiro atoms. The van der Waals surface area contributed by atoms with Crippen LogP contribution in [-0.2, 0) is 14.4 Å². The number of nitrogens with zero attached hydrogens (tertiary/aromatic N) is 1. The number of hydrogen-bond acceptors (Lipinski definition) is 4. The molecule has 1 aliphatic rings. The van der Waals surface area contributed by atoms with Gasteiger partial charge in [0.25, 0.3) is 0 Å². The number of carbonyl (C=O) groups is 1. The first-order chi connectivity index (χ1) is 8.40. The number of ether oxygens (including phenoxy) is 1. The SMILES string of the molecule is CCOC(=O)C1ON=C(C(C)(C)C)CC1CCF. The van der Waals surface area contributed by atoms with Crippen molar-refractivity contribution < 1.29 is 18.8 Å². The smallest absolute Gasteiger partial charge is 0.350 e. The average Bonchev–Trinajstić information content (AvgIpc) is 2.28. The Bertz CT molecular complexity index is 323. The van der Waals surface area contributed by atoms with Gasteiger partial charge in [-0.2, -0.15) is 0 Å². The van der Waals surface area contributed by atoms with Gasteiger partial charge in [0.2, 0.25) is 6.10 Å². The third kappa shape index (κ3) is 3.68. The van der Waals surface area contributed by atoms with Gasteiger partial charge in [0.15, 0.2) is 0 Å². The number of carbonyl (C=O) groups excluding carboxylic acids is 1. The van der Waals surface area contributed by atoms with Gasteiger partial charge in [-0.1, -0.05) is 25.9 Å². The Hall–Kier alpha value is -1.13. The van der Waals surface area contributed by atoms with Crippen LogP contribution in [0.1, 0.15) is 40.5 Å². The first kappa shape index (κ1) is 14.9. The molecule has 0 aromatic heterocycles. The fourth-order valence-corrected chi connectivity index (χ4v) is 1.90. The average molecular weight is 259 g/mol. The van der Waals surface area contributed by atoms with Gasteiger partial charge in [0.05, 0.1) is 19.0 Å². The lowest BCUT2D eigenvalue weighted by atomic mass is 9.81. The van der Waals surface area contributed by atoms with Crippen LogP contribution < -0.4 is 0 Å². The molecule has 2 unspecified atom stereocenters. The molecular weight excluding hydrogens is 237 g/mol. The van der Waals surface area contributed by atoms with E-state index in [2.05, 4.69) is 5.16 Å². The zero-order valence-electron chi connectivity index (χ0n) is 11.5. The Morgan fingerprint density at radius 2 is 2.22 bits per heavy atom. The van der Waals surface area contributed by atoms with E-state index in [1.165, 1.54) is 0 Å². The highest BCUT2D eigenvalue weighted by molar-refractivity contribution is 5.90. The van der Waals surface area contributed by atoms with Crippen LogP contribution in [0.5, 0.6) is 0 Å². The summed E-state index contributed by atoms with van der Waals surface area (Å²) in [6.45, 7) is 7.61. The topological polar surface area (TPSA) is 47.9 Å². The first-order valence-corrected chi connectivity index (χ1v) is 6.36. The fraction of sp³-hybridized carbons (Fsp3) is 0.846. The van der Waals surface area contributed by atoms with Crippen molar-refractivity contribution in [2.24, 2.45) is 16.5 Å². The van der Waals surface area contributed by atoms with Crippen molar-refractivity contribution in [3.05, 3.63) is 0 Å². The molecule has 0 aromatic carbocycles. The van der Waals surface area contributed by atoms with Crippen LogP contribution in [0.4, 0.5) is 4.39 Å². The van der Waals surface area contributed by atoms with Crippen LogP contribution in [0.2, 0.25) is 0 Å². The van der Waals surface area contributed by atoms with E-state index >= 15 is 0 Å². The second kappa shape index (κ2) is 6.16. The zero-order valence-corrected chi connectivity index (χ0v) is 11.5. The molecule has 0 fully saturated rings. The summed E-state index contributed by atoms with van der Waals surface area (Å²) in [4.78, 5) is 16.9. The molecule has 4 nitrogen and oxygen atoms in total. The standard InChI is InChI=1S/C13H22FNO3/c1-5-17-12(16)11-9(6-7-14)8-10(15-18-11)13(2,3)4/h9,11H,5-8H2,1-4H3. The van der Waals surface area contributed by atoms with E-state index in [0.29, 0.717) is 12.8 Å². The lowest BCUT2D eigenvalue weighted by Crippen LogP contribution is -2.40. The molecule has 104 valence electrons. The molecule has 0 radical (unpaired) electrons. The number of rotatable bonds is 4. The summed E-state index contributed by atoms with van der Waals surface area (Å²) in [6.07, 6.45) is 0.0990. The van der Waals surface area contributed by atoms with Gasteiger partial charge in [-0.15, -0.1) is 0 Å². The van der Waals surface area contributed by atoms with Crippen molar-refractivity contribution in [2.45, 2.75) is 46.6 Å². The monoisotopic (exact) mass is 259 g/mol. The number of alkyl halides is 1. The molecule has 0 saturated carbocycles. The predicted molar refractivity (Wildman–Crippen MR) is 67.1 cm³/mol. The van der Waals surface area contributed by atoms with Gasteiger partial charge in [-0.25, -0.2) is 4.79 Å². The minimum Gasteiger partial charge on any atom is -0.463 e. The molecule has 1 heterocycles. The maximum atomic E-state index is 12.6. The lowest BCUT2D eigenvalue weighted by Gasteiger charge is -2.32. The minimum atomic E-state index is -0.771. The fourth-order valence-electron chi connectivity index (χ4n) is 1.90. The summed E-state index contributed by atoms with van der Waals surface area (Å²) in [6, 6.07) is 0. The van der Waals surface area contributed by atoms with Crippen LogP contribution in [0.3, 0.4) is 0 Å². The molecular formula is C13H22FNO3. The third-order valence-corrected chi connectivity index (χ3v) is 3.02. The van der Waals surface area contributed by atoms with Gasteiger partial charge in [-0.05, 0) is 19.8 Å². The Morgan fingerprint density at radius 1 is 1.56 bits per heavy atom. The van der Waals surface area contributed by atoms with Crippen molar-refractivity contribution in [2.75, 3.05) is 13.3 Å². The van der Waals surface area contributed by atoms with Crippen molar-refractivity contribution in [3.8, 4) is 0 Å². The number of hydrogen-bond donors (Lipinski definition) is 0. The quantitative estimate of drug-likeness (QED) is 0.729. The molecule has 18 heavy (non-hydrogen) atoms. The van der Waals surface area contributed by atoms with Gasteiger partial charge >= 0.3 is 5.97 Å². The van der Waals surface area contributed by atoms with Crippen LogP contribution in [0, 0.1) is 11.3 Å². The summed E-state index contributed by atoms with van der Waals surface area (Å²) in [5, 5.41) is 4.01. The maximum absolute atomic E-state index is 12.6. The molecule has 2 atom stereocenters. The summed E-state index contributed by atoms with van der Waals surface area (Å²) in [7, 11) is 0. The molecule has 0 aliphatic carbocycles. The van der Waals surface area contributed by atoms with Gasteiger partial charge < -0.3 is 9.57 Å². The van der Waals surface area contributed by atoms with E-state index in [4.69, 9.17) is 9.57 Å². The number of halogens is 1. The van der Waals surface area contributed by atoms with E-state index in [1.807, 2.05) is 20.8 Å². The van der Waals surface area contributed by atoms with Crippen LogP contribution in [0.25, 0.3) is 0 Å². The van der Waals surface area contributed by atoms with Gasteiger partial charge in [-0.3, -0.25) is 4.39 Å². The number of esters is 1. The predicted octanol–water partition coefficient (Wildman–Crippen LogP) is 2.72. The molecule has 0 aromatic rings. The number of oxime groups is 1. The van der Waals surface area contributed by atoms with E-state index in [0.717, 1.165) is 5.71 Å². The second-order valence-corrected chi connectivity index (χ2v) is 5.51. The van der Waals surface area contributed by atoms with Crippen molar-refractivity contribution >= 4 is 11.7 Å². The van der Waals surface area contributed by atoms with Crippen LogP contribution in [-0.4, -0.2) is 31.1 Å². The summed E-state index contributed by atoms with van der Waals surface area (Å²) < 4.78 is 17.5. The zero-order chi connectivity index (χ0) is 13.8. The first-order valence-electron chi connectivity index (χ1n) is 6.36. The van der Waals surface area contributed by atoms with Crippen molar-refractivity contribution in [3.63, 3.8) is 0 Å². The molecule has 0 bridgehead atoms. The van der Waals surface area contributed by atoms with Crippen molar-refractivity contribution in [1.29, 1.82) is 0 Å². The van der Waals surface area contributed by atoms with E-state index in [1.54, 1.807) is 6.92 Å². The molecule has 1 rings (SSSR count). The van der Waals surface area contributed by atoms with E-state index in [-0.39, 0.29) is 17.9 Å². The van der Waals surface area contributed by atoms with Crippen LogP contribution in [0.15, 0.2) is 5.16 Å². The Morgan fingerprint density at radius 3 is 2.72 bits per heavy atom. The summed E-state index contributed by atoms with van der Waals surface area (Å²) in [5.41, 5.74) is 0.732. The van der Waals surface area contributed by atoms with Gasteiger partial charge in [0.1, 0.15) is 0 Å². The largest absolute Gasteiger partial charge is 0.463 e. The molecule has 0 amide bonds. The second-order valence-electron chi connectivity index (χ2n) is 5.51. The highest BCUT2D eigenvalue weighted by Gasteiger charge is 2.38. The maximum Gasteiger partial charge on any atom is 0.350 e. The summed E-state index contributed by atoms with van der Waals surface area (Å²) >= 11 is 0. The third-order valence-electron chi connectivity index (χ3n) is 3.02. The van der Waals surface area contributed by atoms with E-state index < -0.39 is 18.7 Å². The highest BCUT2D eigenvalue weighted by atomic mass is 19.1. The minimum absolute atomic E-state index is 0.131. The normalized spacial score (nSPS) is 24.2. The molecule has 1 aliphatic heterocycles. The Kier molecular flexibility index (Phi) is 5.11. The Balaban J connectivity index is 2.81. The van der Waals surface area contributed by atoms with Crippen molar-refractivity contribution in [1.82, 2.24) is 0 Å².